The average Bonchev–Trinajstić information content (AvgIpc) is 3.25. The molecular weight excluding hydrogens is 563 g/mol. The van der Waals surface area contributed by atoms with E-state index < -0.39 is 46.8 Å². The molecule has 1 aromatic carbocycles. The van der Waals surface area contributed by atoms with E-state index in [0.717, 1.165) is 22.7 Å². The largest absolute Gasteiger partial charge is 0.460 e. The van der Waals surface area contributed by atoms with Crippen molar-refractivity contribution in [2.45, 2.75) is 62.0 Å². The van der Waals surface area contributed by atoms with E-state index in [9.17, 15) is 61.9 Å². The predicted octanol–water partition coefficient (Wildman–Crippen LogP) is 8.00. The van der Waals surface area contributed by atoms with Crippen LogP contribution in [0.5, 0.6) is 0 Å². The number of carbonyl (C=O) groups is 1. The summed E-state index contributed by atoms with van der Waals surface area (Å²) >= 11 is 0.309. The Morgan fingerprint density at radius 2 is 1.32 bits per heavy atom. The van der Waals surface area contributed by atoms with Crippen LogP contribution in [-0.4, -0.2) is 46.7 Å². The molecule has 0 bridgehead atoms. The zero-order chi connectivity index (χ0) is 28.8. The lowest BCUT2D eigenvalue weighted by Gasteiger charge is -2.39. The summed E-state index contributed by atoms with van der Waals surface area (Å²) in [5.74, 6) is -41.8. The number of alkyl halides is 13. The van der Waals surface area contributed by atoms with Gasteiger partial charge in [0.25, 0.3) is 0 Å². The van der Waals surface area contributed by atoms with Gasteiger partial charge in [-0.25, -0.2) is 4.98 Å². The van der Waals surface area contributed by atoms with Crippen molar-refractivity contribution in [2.75, 3.05) is 5.32 Å². The molecule has 0 spiro atoms. The molecule has 0 saturated carbocycles. The molecule has 1 heterocycles. The number of thiazole rings is 1. The predicted molar refractivity (Wildman–Crippen MR) is 106 cm³/mol. The summed E-state index contributed by atoms with van der Waals surface area (Å²) in [6, 6.07) is 6.40. The van der Waals surface area contributed by atoms with Gasteiger partial charge in [0.2, 0.25) is 0 Å². The summed E-state index contributed by atoms with van der Waals surface area (Å²) < 4.78 is 171. The van der Waals surface area contributed by atoms with Crippen LogP contribution in [0.4, 0.5) is 62.2 Å². The topological polar surface area (TPSA) is 42.0 Å². The molecule has 3 nitrogen and oxygen atoms in total. The first-order valence-electron chi connectivity index (χ1n) is 9.89. The molecule has 0 radical (unpaired) electrons. The summed E-state index contributed by atoms with van der Waals surface area (Å²) in [7, 11) is 0. The van der Waals surface area contributed by atoms with Crippen molar-refractivity contribution in [2.24, 2.45) is 0 Å². The minimum atomic E-state index is -8.08. The standard InChI is InChI=1S/C20H15F13N2OS/c1-3-9(2)10-4-6-11(7-5-10)12-8-37-14(34-12)35-13(36)15(21,22)16(23,24)17(25,26)18(27,28)19(29,30)20(31,32)33/h4-9H,3H2,1-2H3,(H,34,35,36). The molecule has 0 aliphatic carbocycles. The summed E-state index contributed by atoms with van der Waals surface area (Å²) in [4.78, 5) is 15.2. The third-order valence-electron chi connectivity index (χ3n) is 5.33. The Balaban J connectivity index is 2.32. The minimum Gasteiger partial charge on any atom is -0.296 e. The molecule has 0 aliphatic heterocycles. The Hall–Kier alpha value is -2.59. The van der Waals surface area contributed by atoms with Crippen molar-refractivity contribution in [3.63, 3.8) is 0 Å². The highest BCUT2D eigenvalue weighted by atomic mass is 32.1. The number of aromatic nitrogens is 1. The van der Waals surface area contributed by atoms with Gasteiger partial charge in [-0.15, -0.1) is 11.3 Å². The second-order valence-electron chi connectivity index (χ2n) is 7.79. The van der Waals surface area contributed by atoms with Crippen molar-refractivity contribution in [1.29, 1.82) is 0 Å². The first-order valence-corrected chi connectivity index (χ1v) is 10.8. The fraction of sp³-hybridized carbons (Fsp3) is 0.500. The molecule has 0 saturated heterocycles. The number of anilines is 1. The number of hydrogen-bond donors (Lipinski definition) is 1. The van der Waals surface area contributed by atoms with Crippen molar-refractivity contribution in [3.8, 4) is 11.3 Å². The lowest BCUT2D eigenvalue weighted by atomic mass is 9.93. The van der Waals surface area contributed by atoms with Gasteiger partial charge < -0.3 is 0 Å². The second kappa shape index (κ2) is 9.62. The summed E-state index contributed by atoms with van der Waals surface area (Å²) in [5.41, 5.74) is 1.22. The number of rotatable bonds is 9. The van der Waals surface area contributed by atoms with Gasteiger partial charge in [-0.2, -0.15) is 57.1 Å². The Morgan fingerprint density at radius 1 is 0.838 bits per heavy atom. The first-order chi connectivity index (χ1) is 16.6. The highest BCUT2D eigenvalue weighted by molar-refractivity contribution is 7.14. The molecule has 0 aliphatic rings. The lowest BCUT2D eigenvalue weighted by molar-refractivity contribution is -0.435. The second-order valence-corrected chi connectivity index (χ2v) is 8.65. The fourth-order valence-corrected chi connectivity index (χ4v) is 3.48. The van der Waals surface area contributed by atoms with Crippen molar-refractivity contribution in [3.05, 3.63) is 35.2 Å². The van der Waals surface area contributed by atoms with E-state index in [2.05, 4.69) is 4.98 Å². The smallest absolute Gasteiger partial charge is 0.296 e. The molecule has 37 heavy (non-hydrogen) atoms. The van der Waals surface area contributed by atoms with E-state index >= 15 is 0 Å². The molecule has 2 rings (SSSR count). The molecule has 1 unspecified atom stereocenters. The maximum atomic E-state index is 14.0. The van der Waals surface area contributed by atoms with Gasteiger partial charge in [0.05, 0.1) is 5.69 Å². The molecule has 1 N–H and O–H groups in total. The van der Waals surface area contributed by atoms with Gasteiger partial charge in [0, 0.05) is 10.9 Å². The monoisotopic (exact) mass is 578 g/mol. The van der Waals surface area contributed by atoms with Crippen LogP contribution in [0.25, 0.3) is 11.3 Å². The van der Waals surface area contributed by atoms with E-state index in [1.807, 2.05) is 13.8 Å². The molecule has 208 valence electrons. The fourth-order valence-electron chi connectivity index (χ4n) is 2.77. The van der Waals surface area contributed by atoms with Gasteiger partial charge in [-0.3, -0.25) is 10.1 Å². The zero-order valence-electron chi connectivity index (χ0n) is 18.3. The molecule has 1 amide bonds. The summed E-state index contributed by atoms with van der Waals surface area (Å²) in [5, 5.41) is 1.15. The average molecular weight is 578 g/mol. The van der Waals surface area contributed by atoms with Crippen molar-refractivity contribution in [1.82, 2.24) is 4.98 Å². The quantitative estimate of drug-likeness (QED) is 0.307. The number of benzene rings is 1. The summed E-state index contributed by atoms with van der Waals surface area (Å²) in [6.45, 7) is 3.84. The number of hydrogen-bond acceptors (Lipinski definition) is 3. The Kier molecular flexibility index (Phi) is 7.96. The van der Waals surface area contributed by atoms with Crippen LogP contribution >= 0.6 is 11.3 Å². The number of carbonyl (C=O) groups excluding carboxylic acids is 1. The highest BCUT2D eigenvalue weighted by Crippen LogP contribution is 2.60. The number of nitrogens with zero attached hydrogens (tertiary/aromatic N) is 1. The van der Waals surface area contributed by atoms with E-state index in [1.54, 1.807) is 12.1 Å². The van der Waals surface area contributed by atoms with Crippen LogP contribution in [0, 0.1) is 0 Å². The van der Waals surface area contributed by atoms with E-state index in [1.165, 1.54) is 12.1 Å². The van der Waals surface area contributed by atoms with E-state index in [0.29, 0.717) is 16.9 Å². The van der Waals surface area contributed by atoms with Gasteiger partial charge >= 0.3 is 41.7 Å². The van der Waals surface area contributed by atoms with Crippen LogP contribution in [0.2, 0.25) is 0 Å². The van der Waals surface area contributed by atoms with Gasteiger partial charge in [0.1, 0.15) is 0 Å². The number of amides is 1. The third kappa shape index (κ3) is 4.97. The minimum absolute atomic E-state index is 0.0206. The van der Waals surface area contributed by atoms with E-state index in [-0.39, 0.29) is 11.6 Å². The van der Waals surface area contributed by atoms with Crippen LogP contribution < -0.4 is 5.32 Å². The lowest BCUT2D eigenvalue weighted by Crippen LogP contribution is -2.71. The SMILES string of the molecule is CCC(C)c1ccc(-c2csc(NC(=O)C(F)(F)C(F)(F)C(F)(F)C(F)(F)C(F)(F)C(F)(F)F)n2)cc1. The van der Waals surface area contributed by atoms with Gasteiger partial charge in [-0.1, -0.05) is 38.1 Å². The highest BCUT2D eigenvalue weighted by Gasteiger charge is 2.91. The van der Waals surface area contributed by atoms with Crippen LogP contribution in [0.1, 0.15) is 31.7 Å². The first kappa shape index (κ1) is 30.6. The van der Waals surface area contributed by atoms with Crippen molar-refractivity contribution >= 4 is 22.4 Å². The van der Waals surface area contributed by atoms with Crippen LogP contribution in [-0.2, 0) is 4.79 Å². The summed E-state index contributed by atoms with van der Waals surface area (Å²) in [6.07, 6.45) is -6.73. The molecule has 17 heteroatoms. The third-order valence-corrected chi connectivity index (χ3v) is 6.09. The number of halogens is 13. The van der Waals surface area contributed by atoms with Gasteiger partial charge in [0.15, 0.2) is 5.13 Å². The van der Waals surface area contributed by atoms with E-state index in [4.69, 9.17) is 0 Å². The maximum Gasteiger partial charge on any atom is 0.460 e. The zero-order valence-corrected chi connectivity index (χ0v) is 19.2. The maximum absolute atomic E-state index is 14.0. The van der Waals surface area contributed by atoms with Crippen LogP contribution in [0.15, 0.2) is 29.6 Å². The Bertz CT molecular complexity index is 1110. The normalized spacial score (nSPS) is 15.0. The molecule has 1 aromatic heterocycles. The van der Waals surface area contributed by atoms with Gasteiger partial charge in [-0.05, 0) is 17.9 Å². The molecule has 1 atom stereocenters. The Labute approximate surface area is 203 Å². The van der Waals surface area contributed by atoms with Crippen LogP contribution in [0.3, 0.4) is 0 Å². The molecule has 0 fully saturated rings. The van der Waals surface area contributed by atoms with Crippen molar-refractivity contribution < 1.29 is 61.9 Å². The Morgan fingerprint density at radius 3 is 1.78 bits per heavy atom. The number of nitrogens with one attached hydrogen (secondary N) is 1. The molecular formula is C20H15F13N2OS. The molecule has 2 aromatic rings.